The van der Waals surface area contributed by atoms with Gasteiger partial charge in [-0.05, 0) is 141 Å². The molecule has 0 spiro atoms. The van der Waals surface area contributed by atoms with Crippen LogP contribution < -0.4 is 0 Å². The first-order valence-electron chi connectivity index (χ1n) is 22.2. The van der Waals surface area contributed by atoms with Crippen molar-refractivity contribution in [3.05, 3.63) is 38.0 Å². The number of aliphatic hydroxyl groups is 1. The van der Waals surface area contributed by atoms with Gasteiger partial charge >= 0.3 is 23.9 Å². The highest BCUT2D eigenvalue weighted by atomic mass is 16.6. The molecule has 0 saturated heterocycles. The monoisotopic (exact) mass is 805 g/mol. The summed E-state index contributed by atoms with van der Waals surface area (Å²) in [5.41, 5.74) is -0.210. The summed E-state index contributed by atoms with van der Waals surface area (Å²) in [4.78, 5) is 46.4. The predicted octanol–water partition coefficient (Wildman–Crippen LogP) is 9.54. The summed E-state index contributed by atoms with van der Waals surface area (Å²) in [5, 5.41) is 10.9. The second kappa shape index (κ2) is 13.8. The number of esters is 4. The molecule has 0 radical (unpaired) electrons. The Morgan fingerprint density at radius 3 is 1.45 bits per heavy atom. The van der Waals surface area contributed by atoms with Gasteiger partial charge in [-0.2, -0.15) is 0 Å². The second-order valence-electron chi connectivity index (χ2n) is 23.8. The Kier molecular flexibility index (Phi) is 10.3. The van der Waals surface area contributed by atoms with E-state index in [0.717, 1.165) is 63.9 Å². The average molecular weight is 805 g/mol. The van der Waals surface area contributed by atoms with Gasteiger partial charge in [0.2, 0.25) is 0 Å². The zero-order valence-electron chi connectivity index (χ0n) is 36.9. The van der Waals surface area contributed by atoms with Crippen LogP contribution in [0.4, 0.5) is 0 Å². The van der Waals surface area contributed by atoms with Gasteiger partial charge in [-0.25, -0.2) is 19.2 Å². The molecule has 0 amide bonds. The van der Waals surface area contributed by atoms with Gasteiger partial charge in [0.15, 0.2) is 6.61 Å². The van der Waals surface area contributed by atoms with Crippen molar-refractivity contribution in [1.29, 1.82) is 0 Å². The third kappa shape index (κ3) is 7.66. The van der Waals surface area contributed by atoms with Crippen LogP contribution in [0.1, 0.15) is 158 Å². The fraction of sp³-hybridized carbons (Fsp3) is 0.796. The molecule has 12 saturated carbocycles. The Bertz CT molecular complexity index is 1620. The second-order valence-corrected chi connectivity index (χ2v) is 23.8. The van der Waals surface area contributed by atoms with Gasteiger partial charge in [-0.15, -0.1) is 0 Å². The van der Waals surface area contributed by atoms with Crippen LogP contribution in [0.15, 0.2) is 38.0 Å². The van der Waals surface area contributed by atoms with Crippen molar-refractivity contribution in [3.8, 4) is 0 Å². The van der Waals surface area contributed by atoms with E-state index in [4.69, 9.17) is 18.9 Å². The predicted molar refractivity (Wildman–Crippen MR) is 221 cm³/mol. The number of rotatable bonds is 8. The molecule has 0 heterocycles. The van der Waals surface area contributed by atoms with Crippen LogP contribution in [-0.2, 0) is 38.1 Å². The molecular weight excluding hydrogens is 733 g/mol. The molecule has 322 valence electrons. The van der Waals surface area contributed by atoms with Gasteiger partial charge in [-0.1, -0.05) is 75.1 Å². The molecule has 9 nitrogen and oxygen atoms in total. The lowest BCUT2D eigenvalue weighted by molar-refractivity contribution is -0.285. The summed E-state index contributed by atoms with van der Waals surface area (Å²) in [6, 6.07) is 0. The van der Waals surface area contributed by atoms with Crippen LogP contribution in [0.5, 0.6) is 0 Å². The first-order chi connectivity index (χ1) is 26.7. The van der Waals surface area contributed by atoms with E-state index in [1.807, 2.05) is 0 Å². The smallest absolute Gasteiger partial charge is 0.344 e. The van der Waals surface area contributed by atoms with E-state index < -0.39 is 23.1 Å². The molecule has 0 aromatic rings. The minimum atomic E-state index is -0.659. The molecule has 0 aliphatic heterocycles. The van der Waals surface area contributed by atoms with Crippen molar-refractivity contribution in [3.63, 3.8) is 0 Å². The molecule has 12 aliphatic rings. The van der Waals surface area contributed by atoms with Crippen molar-refractivity contribution < 1.29 is 43.2 Å². The van der Waals surface area contributed by atoms with E-state index in [0.29, 0.717) is 45.8 Å². The Morgan fingerprint density at radius 1 is 0.552 bits per heavy atom. The molecule has 12 rings (SSSR count). The van der Waals surface area contributed by atoms with E-state index in [1.165, 1.54) is 50.7 Å². The molecule has 12 fully saturated rings. The van der Waals surface area contributed by atoms with Crippen LogP contribution in [0.2, 0.25) is 0 Å². The van der Waals surface area contributed by atoms with Gasteiger partial charge in [-0.3, -0.25) is 0 Å². The highest BCUT2D eigenvalue weighted by Gasteiger charge is 2.71. The number of hydrogen-bond acceptors (Lipinski definition) is 9. The molecule has 0 aromatic carbocycles. The lowest BCUT2D eigenvalue weighted by Crippen LogP contribution is -2.70. The molecule has 12 bridgehead atoms. The Labute approximate surface area is 347 Å². The molecule has 10 atom stereocenters. The molecule has 1 N–H and O–H groups in total. The van der Waals surface area contributed by atoms with Crippen molar-refractivity contribution >= 4 is 23.9 Å². The Hall–Kier alpha value is -2.94. The molecule has 10 unspecified atom stereocenters. The molecule has 9 heteroatoms. The van der Waals surface area contributed by atoms with Gasteiger partial charge in [0.25, 0.3) is 0 Å². The lowest BCUT2D eigenvalue weighted by atomic mass is 9.36. The fourth-order valence-corrected chi connectivity index (χ4v) is 17.7. The maximum Gasteiger partial charge on any atom is 0.344 e. The summed E-state index contributed by atoms with van der Waals surface area (Å²) in [6.07, 6.45) is 20.6. The van der Waals surface area contributed by atoms with Crippen molar-refractivity contribution in [2.24, 2.45) is 56.2 Å². The van der Waals surface area contributed by atoms with Gasteiger partial charge < -0.3 is 24.1 Å². The summed E-state index contributed by atoms with van der Waals surface area (Å²) >= 11 is 0. The summed E-state index contributed by atoms with van der Waals surface area (Å²) in [7, 11) is 0. The van der Waals surface area contributed by atoms with Gasteiger partial charge in [0, 0.05) is 36.5 Å². The van der Waals surface area contributed by atoms with Crippen LogP contribution in [-0.4, -0.2) is 58.0 Å². The third-order valence-corrected chi connectivity index (χ3v) is 17.4. The molecular formula is C49H72O9. The molecule has 0 aromatic heterocycles. The third-order valence-electron chi connectivity index (χ3n) is 17.4. The number of carbonyl (C=O) groups excluding carboxylic acids is 4. The fourth-order valence-electron chi connectivity index (χ4n) is 17.7. The maximum absolute atomic E-state index is 11.9. The Morgan fingerprint density at radius 2 is 1.00 bits per heavy atom. The zero-order chi connectivity index (χ0) is 42.6. The van der Waals surface area contributed by atoms with Crippen LogP contribution in [0.25, 0.3) is 0 Å². The molecule has 58 heavy (non-hydrogen) atoms. The van der Waals surface area contributed by atoms with E-state index in [9.17, 15) is 24.3 Å². The van der Waals surface area contributed by atoms with Crippen molar-refractivity contribution in [1.82, 2.24) is 0 Å². The first kappa shape index (κ1) is 43.2. The maximum atomic E-state index is 11.9. The normalized spacial score (nSPS) is 50.3. The van der Waals surface area contributed by atoms with Crippen molar-refractivity contribution in [2.75, 3.05) is 6.61 Å². The van der Waals surface area contributed by atoms with Gasteiger partial charge in [0.1, 0.15) is 16.8 Å². The van der Waals surface area contributed by atoms with E-state index >= 15 is 0 Å². The molecule has 12 aliphatic carbocycles. The van der Waals surface area contributed by atoms with E-state index in [1.54, 1.807) is 0 Å². The lowest BCUT2D eigenvalue weighted by Gasteiger charge is -2.71. The SMILES string of the molecule is C=CC(=O)OC12CC3(C)CC(C)(CC(C)(C3)C1C)C2.C=CC(=O)OC12CC3(C)CC(O)(CC(C)(C3)C1C)C2.C=CC(=O)OCC(=O)OC12CC3CC(CC(C)(C3)C1)C2. The highest BCUT2D eigenvalue weighted by molar-refractivity contribution is 5.84. The number of hydrogen-bond donors (Lipinski definition) is 1. The van der Waals surface area contributed by atoms with Crippen molar-refractivity contribution in [2.45, 2.75) is 181 Å². The summed E-state index contributed by atoms with van der Waals surface area (Å²) in [5.74, 6) is 0.525. The van der Waals surface area contributed by atoms with Crippen LogP contribution in [0, 0.1) is 56.2 Å². The average Bonchev–Trinajstić information content (AvgIpc) is 3.05. The van der Waals surface area contributed by atoms with Crippen LogP contribution >= 0.6 is 0 Å². The number of ether oxygens (including phenoxy) is 4. The van der Waals surface area contributed by atoms with E-state index in [2.05, 4.69) is 75.1 Å². The van der Waals surface area contributed by atoms with E-state index in [-0.39, 0.29) is 46.5 Å². The minimum absolute atomic E-state index is 0.0691. The highest BCUT2D eigenvalue weighted by Crippen LogP contribution is 2.74. The summed E-state index contributed by atoms with van der Waals surface area (Å²) in [6.45, 7) is 28.5. The zero-order valence-corrected chi connectivity index (χ0v) is 36.9. The number of carbonyl (C=O) groups is 4. The summed E-state index contributed by atoms with van der Waals surface area (Å²) < 4.78 is 22.3. The minimum Gasteiger partial charge on any atom is -0.457 e. The Balaban J connectivity index is 0.000000132. The van der Waals surface area contributed by atoms with Crippen LogP contribution in [0.3, 0.4) is 0 Å². The standard InChI is InChI=1S/C17H26O2.C16H22O4.C16H24O3/c1-6-13(18)19-17-10-14(3)7-15(4,11-17)9-16(5,8-14)12(17)2;1-3-13(17)19-9-14(18)20-16-7-11-4-12(8-16)6-15(2,5-11)10-16;1-5-12(17)19-16-8-13(3)6-14(4,11(16)2)9-15(18,7-13)10-16/h6,12H,1,7-11H2,2-5H3;3,11-12H,1,4-10H2,2H3;5,11,18H,1,6-10H2,2-4H3. The first-order valence-corrected chi connectivity index (χ1v) is 22.2. The quantitative estimate of drug-likeness (QED) is 0.145. The topological polar surface area (TPSA) is 125 Å². The van der Waals surface area contributed by atoms with Gasteiger partial charge in [0.05, 0.1) is 5.60 Å². The largest absolute Gasteiger partial charge is 0.457 e.